The number of piperidine rings is 1. The van der Waals surface area contributed by atoms with E-state index >= 15 is 0 Å². The van der Waals surface area contributed by atoms with Crippen molar-refractivity contribution in [1.29, 1.82) is 0 Å². The lowest BCUT2D eigenvalue weighted by Crippen LogP contribution is -2.43. The third-order valence-electron chi connectivity index (χ3n) is 4.82. The van der Waals surface area contributed by atoms with Gasteiger partial charge in [0.25, 0.3) is 0 Å². The van der Waals surface area contributed by atoms with Gasteiger partial charge in [-0.1, -0.05) is 30.3 Å². The summed E-state index contributed by atoms with van der Waals surface area (Å²) in [5.41, 5.74) is 3.38. The molecule has 2 aromatic rings. The van der Waals surface area contributed by atoms with E-state index in [4.69, 9.17) is 0 Å². The molecule has 128 valence electrons. The van der Waals surface area contributed by atoms with Crippen molar-refractivity contribution >= 4 is 0 Å². The summed E-state index contributed by atoms with van der Waals surface area (Å²) < 4.78 is 0. The van der Waals surface area contributed by atoms with Crippen LogP contribution >= 0.6 is 0 Å². The largest absolute Gasteiger partial charge is 0.392 e. The molecule has 2 N–H and O–H groups in total. The number of hydrogen-bond acceptors (Lipinski definition) is 4. The molecular formula is C20H27N3O. The van der Waals surface area contributed by atoms with Crippen molar-refractivity contribution in [3.8, 4) is 0 Å². The highest BCUT2D eigenvalue weighted by Crippen LogP contribution is 2.19. The normalized spacial score (nSPS) is 17.8. The highest BCUT2D eigenvalue weighted by Gasteiger charge is 2.21. The molecule has 1 atom stereocenters. The molecule has 0 aliphatic carbocycles. The zero-order valence-corrected chi connectivity index (χ0v) is 14.4. The lowest BCUT2D eigenvalue weighted by atomic mass is 10.0. The number of nitrogens with one attached hydrogen (secondary N) is 1. The van der Waals surface area contributed by atoms with Crippen LogP contribution in [0.1, 0.15) is 42.6 Å². The van der Waals surface area contributed by atoms with E-state index in [1.54, 1.807) is 0 Å². The van der Waals surface area contributed by atoms with Crippen molar-refractivity contribution in [2.45, 2.75) is 45.0 Å². The van der Waals surface area contributed by atoms with Gasteiger partial charge in [0, 0.05) is 37.9 Å². The Kier molecular flexibility index (Phi) is 5.96. The van der Waals surface area contributed by atoms with Gasteiger partial charge in [-0.25, -0.2) is 0 Å². The van der Waals surface area contributed by atoms with Crippen LogP contribution in [0.25, 0.3) is 0 Å². The lowest BCUT2D eigenvalue weighted by molar-refractivity contribution is 0.183. The molecule has 1 aromatic heterocycles. The van der Waals surface area contributed by atoms with Gasteiger partial charge in [-0.3, -0.25) is 9.88 Å². The van der Waals surface area contributed by atoms with Gasteiger partial charge in [0.2, 0.25) is 0 Å². The van der Waals surface area contributed by atoms with Gasteiger partial charge in [0.1, 0.15) is 0 Å². The van der Waals surface area contributed by atoms with Crippen molar-refractivity contribution in [3.63, 3.8) is 0 Å². The fourth-order valence-electron chi connectivity index (χ4n) is 3.39. The fourth-order valence-corrected chi connectivity index (χ4v) is 3.39. The van der Waals surface area contributed by atoms with Crippen LogP contribution in [0.3, 0.4) is 0 Å². The SMILES string of the molecule is CC(NC1CCN(Cc2ccccn2)CC1)c1cccc(CO)c1. The Balaban J connectivity index is 1.48. The summed E-state index contributed by atoms with van der Waals surface area (Å²) in [7, 11) is 0. The van der Waals surface area contributed by atoms with E-state index in [9.17, 15) is 5.11 Å². The minimum absolute atomic E-state index is 0.104. The molecule has 1 aromatic carbocycles. The molecule has 1 saturated heterocycles. The number of nitrogens with zero attached hydrogens (tertiary/aromatic N) is 2. The minimum atomic E-state index is 0.104. The highest BCUT2D eigenvalue weighted by atomic mass is 16.3. The van der Waals surface area contributed by atoms with E-state index in [0.717, 1.165) is 43.7 Å². The Morgan fingerprint density at radius 2 is 2.04 bits per heavy atom. The second-order valence-corrected chi connectivity index (χ2v) is 6.66. The van der Waals surface area contributed by atoms with Crippen LogP contribution in [-0.4, -0.2) is 34.1 Å². The smallest absolute Gasteiger partial charge is 0.0681 e. The Morgan fingerprint density at radius 3 is 2.75 bits per heavy atom. The van der Waals surface area contributed by atoms with Crippen LogP contribution in [0.15, 0.2) is 48.7 Å². The molecule has 0 spiro atoms. The standard InChI is InChI=1S/C20H27N3O/c1-16(18-6-4-5-17(13-18)15-24)22-19-8-11-23(12-9-19)14-20-7-2-3-10-21-20/h2-7,10,13,16,19,22,24H,8-9,11-12,14-15H2,1H3. The maximum absolute atomic E-state index is 9.28. The zero-order chi connectivity index (χ0) is 16.8. The highest BCUT2D eigenvalue weighted by molar-refractivity contribution is 5.25. The number of aromatic nitrogens is 1. The topological polar surface area (TPSA) is 48.4 Å². The van der Waals surface area contributed by atoms with Crippen LogP contribution < -0.4 is 5.32 Å². The number of benzene rings is 1. The molecule has 0 bridgehead atoms. The third-order valence-corrected chi connectivity index (χ3v) is 4.82. The van der Waals surface area contributed by atoms with E-state index in [2.05, 4.69) is 46.4 Å². The Bertz CT molecular complexity index is 624. The number of aliphatic hydroxyl groups is 1. The first kappa shape index (κ1) is 17.1. The second kappa shape index (κ2) is 8.38. The zero-order valence-electron chi connectivity index (χ0n) is 14.4. The van der Waals surface area contributed by atoms with Gasteiger partial charge in [-0.15, -0.1) is 0 Å². The molecule has 1 unspecified atom stereocenters. The van der Waals surface area contributed by atoms with E-state index in [-0.39, 0.29) is 6.61 Å². The average molecular weight is 325 g/mol. The summed E-state index contributed by atoms with van der Waals surface area (Å²) in [5, 5.41) is 13.0. The van der Waals surface area contributed by atoms with E-state index in [1.807, 2.05) is 24.4 Å². The third kappa shape index (κ3) is 4.63. The van der Waals surface area contributed by atoms with E-state index < -0.39 is 0 Å². The maximum atomic E-state index is 9.28. The Hall–Kier alpha value is -1.75. The van der Waals surface area contributed by atoms with Gasteiger partial charge >= 0.3 is 0 Å². The van der Waals surface area contributed by atoms with Crippen molar-refractivity contribution in [2.24, 2.45) is 0 Å². The van der Waals surface area contributed by atoms with Crippen molar-refractivity contribution in [2.75, 3.05) is 13.1 Å². The fraction of sp³-hybridized carbons (Fsp3) is 0.450. The van der Waals surface area contributed by atoms with Gasteiger partial charge in [0.05, 0.1) is 12.3 Å². The molecule has 1 fully saturated rings. The number of pyridine rings is 1. The predicted octanol–water partition coefficient (Wildman–Crippen LogP) is 2.89. The first-order valence-electron chi connectivity index (χ1n) is 8.82. The summed E-state index contributed by atoms with van der Waals surface area (Å²) in [4.78, 5) is 6.90. The molecule has 4 nitrogen and oxygen atoms in total. The van der Waals surface area contributed by atoms with Crippen LogP contribution in [0.2, 0.25) is 0 Å². The summed E-state index contributed by atoms with van der Waals surface area (Å²) in [6.07, 6.45) is 4.19. The van der Waals surface area contributed by atoms with Gasteiger partial charge in [0.15, 0.2) is 0 Å². The Labute approximate surface area is 144 Å². The van der Waals surface area contributed by atoms with Crippen LogP contribution in [0.5, 0.6) is 0 Å². The van der Waals surface area contributed by atoms with Crippen LogP contribution in [-0.2, 0) is 13.2 Å². The number of hydrogen-bond donors (Lipinski definition) is 2. The summed E-state index contributed by atoms with van der Waals surface area (Å²) in [6.45, 7) is 5.47. The molecule has 1 aliphatic heterocycles. The Morgan fingerprint density at radius 1 is 1.21 bits per heavy atom. The maximum Gasteiger partial charge on any atom is 0.0681 e. The quantitative estimate of drug-likeness (QED) is 0.857. The monoisotopic (exact) mass is 325 g/mol. The number of rotatable bonds is 6. The van der Waals surface area contributed by atoms with Crippen LogP contribution in [0.4, 0.5) is 0 Å². The molecular weight excluding hydrogens is 298 g/mol. The second-order valence-electron chi connectivity index (χ2n) is 6.66. The first-order chi connectivity index (χ1) is 11.7. The van der Waals surface area contributed by atoms with E-state index in [1.165, 1.54) is 5.56 Å². The number of likely N-dealkylation sites (tertiary alicyclic amines) is 1. The predicted molar refractivity (Wildman–Crippen MR) is 96.5 cm³/mol. The molecule has 1 aliphatic rings. The summed E-state index contributed by atoms with van der Waals surface area (Å²) in [5.74, 6) is 0. The minimum Gasteiger partial charge on any atom is -0.392 e. The lowest BCUT2D eigenvalue weighted by Gasteiger charge is -2.34. The van der Waals surface area contributed by atoms with Crippen molar-refractivity contribution in [1.82, 2.24) is 15.2 Å². The van der Waals surface area contributed by atoms with Gasteiger partial charge < -0.3 is 10.4 Å². The molecule has 0 amide bonds. The molecule has 4 heteroatoms. The van der Waals surface area contributed by atoms with E-state index in [0.29, 0.717) is 12.1 Å². The summed E-state index contributed by atoms with van der Waals surface area (Å²) >= 11 is 0. The van der Waals surface area contributed by atoms with Crippen LogP contribution in [0, 0.1) is 0 Å². The molecule has 0 saturated carbocycles. The van der Waals surface area contributed by atoms with Crippen molar-refractivity contribution in [3.05, 3.63) is 65.5 Å². The molecule has 2 heterocycles. The van der Waals surface area contributed by atoms with Crippen molar-refractivity contribution < 1.29 is 5.11 Å². The molecule has 24 heavy (non-hydrogen) atoms. The first-order valence-corrected chi connectivity index (χ1v) is 8.82. The molecule has 0 radical (unpaired) electrons. The summed E-state index contributed by atoms with van der Waals surface area (Å²) in [6, 6.07) is 15.2. The molecule has 3 rings (SSSR count). The van der Waals surface area contributed by atoms with Gasteiger partial charge in [-0.2, -0.15) is 0 Å². The number of aliphatic hydroxyl groups excluding tert-OH is 1. The van der Waals surface area contributed by atoms with Gasteiger partial charge in [-0.05, 0) is 43.0 Å². The average Bonchev–Trinajstić information content (AvgIpc) is 2.64.